The number of carbonyl (C=O) groups is 2. The number of aliphatic carboxylic acids is 1. The van der Waals surface area contributed by atoms with Crippen LogP contribution in [0.3, 0.4) is 0 Å². The minimum atomic E-state index is -1.05. The number of para-hydroxylation sites is 3. The molecule has 5 aromatic carbocycles. The van der Waals surface area contributed by atoms with Crippen LogP contribution in [0.2, 0.25) is 0 Å². The molecule has 0 fully saturated rings. The Bertz CT molecular complexity index is 1910. The lowest BCUT2D eigenvalue weighted by Crippen LogP contribution is -2.32. The summed E-state index contributed by atoms with van der Waals surface area (Å²) in [5, 5.41) is 15.4. The summed E-state index contributed by atoms with van der Waals surface area (Å²) >= 11 is 0. The molecule has 0 amide bonds. The minimum absolute atomic E-state index is 0.192. The Hall–Kier alpha value is -5.43. The molecule has 214 valence electrons. The molecular formula is C36H29FN2O4. The molecule has 1 unspecified atom stereocenters. The molecule has 0 aliphatic rings. The van der Waals surface area contributed by atoms with E-state index in [9.17, 15) is 19.1 Å². The Morgan fingerprint density at radius 1 is 0.814 bits per heavy atom. The predicted molar refractivity (Wildman–Crippen MR) is 166 cm³/mol. The van der Waals surface area contributed by atoms with E-state index in [1.807, 2.05) is 36.4 Å². The van der Waals surface area contributed by atoms with Crippen LogP contribution in [0.25, 0.3) is 21.8 Å². The number of carboxylic acids is 1. The lowest BCUT2D eigenvalue weighted by Gasteiger charge is -2.18. The number of nitrogens with one attached hydrogen (secondary N) is 2. The third-order valence-electron chi connectivity index (χ3n) is 7.54. The Morgan fingerprint density at radius 2 is 1.53 bits per heavy atom. The Labute approximate surface area is 247 Å². The Balaban J connectivity index is 1.10. The van der Waals surface area contributed by atoms with E-state index >= 15 is 0 Å². The zero-order valence-electron chi connectivity index (χ0n) is 23.2. The number of hydrogen-bond donors (Lipinski definition) is 3. The van der Waals surface area contributed by atoms with Crippen molar-refractivity contribution in [1.29, 1.82) is 0 Å². The van der Waals surface area contributed by atoms with Gasteiger partial charge in [0.05, 0.1) is 6.61 Å². The lowest BCUT2D eigenvalue weighted by molar-refractivity contribution is -0.137. The first kappa shape index (κ1) is 27.7. The fourth-order valence-corrected chi connectivity index (χ4v) is 5.33. The average Bonchev–Trinajstić information content (AvgIpc) is 3.41. The Morgan fingerprint density at radius 3 is 2.33 bits per heavy atom. The van der Waals surface area contributed by atoms with Crippen molar-refractivity contribution in [1.82, 2.24) is 4.98 Å². The lowest BCUT2D eigenvalue weighted by atomic mass is 10.00. The third kappa shape index (κ3) is 6.11. The molecule has 6 rings (SSSR count). The summed E-state index contributed by atoms with van der Waals surface area (Å²) in [6, 6.07) is 32.9. The van der Waals surface area contributed by atoms with Crippen molar-refractivity contribution in [2.24, 2.45) is 0 Å². The first-order valence-electron chi connectivity index (χ1n) is 14.0. The van der Waals surface area contributed by atoms with Crippen LogP contribution < -0.4 is 10.1 Å². The quantitative estimate of drug-likeness (QED) is 0.141. The standard InChI is InChI=1S/C36H29FN2O4/c37-26-16-14-25(15-17-26)35(40)30-8-2-4-11-32(30)38-33(36(41)42)22-23-12-18-27(19-13-23)43-21-20-24-6-5-9-29-28-7-1-3-10-31(28)39-34(24)29/h1-19,33,38-39H,20-22H2,(H,41,42). The number of carbonyl (C=O) groups excluding carboxylic acids is 1. The van der Waals surface area contributed by atoms with Crippen LogP contribution in [0, 0.1) is 5.82 Å². The van der Waals surface area contributed by atoms with E-state index in [1.165, 1.54) is 40.6 Å². The van der Waals surface area contributed by atoms with Crippen LogP contribution >= 0.6 is 0 Å². The van der Waals surface area contributed by atoms with E-state index < -0.39 is 17.8 Å². The van der Waals surface area contributed by atoms with Crippen LogP contribution in [-0.4, -0.2) is 34.5 Å². The smallest absolute Gasteiger partial charge is 0.326 e. The highest BCUT2D eigenvalue weighted by atomic mass is 19.1. The number of aromatic amines is 1. The Kier molecular flexibility index (Phi) is 7.87. The van der Waals surface area contributed by atoms with Gasteiger partial charge in [-0.3, -0.25) is 4.79 Å². The maximum atomic E-state index is 13.3. The van der Waals surface area contributed by atoms with Crippen molar-refractivity contribution >= 4 is 39.2 Å². The molecule has 3 N–H and O–H groups in total. The van der Waals surface area contributed by atoms with Gasteiger partial charge in [0.1, 0.15) is 17.6 Å². The number of rotatable bonds is 11. The molecule has 7 heteroatoms. The van der Waals surface area contributed by atoms with Gasteiger partial charge in [-0.1, -0.05) is 60.7 Å². The summed E-state index contributed by atoms with van der Waals surface area (Å²) in [6.07, 6.45) is 0.921. The fraction of sp³-hybridized carbons (Fsp3) is 0.111. The van der Waals surface area contributed by atoms with Gasteiger partial charge in [-0.15, -0.1) is 0 Å². The summed E-state index contributed by atoms with van der Waals surface area (Å²) in [6.45, 7) is 0.492. The van der Waals surface area contributed by atoms with Gasteiger partial charge in [0.2, 0.25) is 0 Å². The maximum Gasteiger partial charge on any atom is 0.326 e. The van der Waals surface area contributed by atoms with Crippen molar-refractivity contribution in [3.05, 3.63) is 143 Å². The monoisotopic (exact) mass is 572 g/mol. The van der Waals surface area contributed by atoms with Gasteiger partial charge in [-0.05, 0) is 65.7 Å². The average molecular weight is 573 g/mol. The van der Waals surface area contributed by atoms with Gasteiger partial charge in [0.15, 0.2) is 5.78 Å². The number of carboxylic acid groups (broad SMARTS) is 1. The van der Waals surface area contributed by atoms with Crippen LogP contribution in [0.4, 0.5) is 10.1 Å². The summed E-state index contributed by atoms with van der Waals surface area (Å²) in [7, 11) is 0. The van der Waals surface area contributed by atoms with Crippen molar-refractivity contribution in [3.63, 3.8) is 0 Å². The molecule has 1 aromatic heterocycles. The van der Waals surface area contributed by atoms with Crippen molar-refractivity contribution in [3.8, 4) is 5.75 Å². The minimum Gasteiger partial charge on any atom is -0.493 e. The van der Waals surface area contributed by atoms with Gasteiger partial charge >= 0.3 is 5.97 Å². The molecule has 6 aromatic rings. The molecule has 0 radical (unpaired) electrons. The summed E-state index contributed by atoms with van der Waals surface area (Å²) in [5.74, 6) is -1.11. The van der Waals surface area contributed by atoms with E-state index in [4.69, 9.17) is 4.74 Å². The number of aromatic nitrogens is 1. The van der Waals surface area contributed by atoms with Gasteiger partial charge in [0.25, 0.3) is 0 Å². The van der Waals surface area contributed by atoms with Gasteiger partial charge in [-0.2, -0.15) is 0 Å². The second-order valence-corrected chi connectivity index (χ2v) is 10.4. The highest BCUT2D eigenvalue weighted by Gasteiger charge is 2.21. The van der Waals surface area contributed by atoms with E-state index in [0.717, 1.165) is 23.0 Å². The van der Waals surface area contributed by atoms with Crippen molar-refractivity contribution in [2.75, 3.05) is 11.9 Å². The molecule has 0 bridgehead atoms. The van der Waals surface area contributed by atoms with Crippen LogP contribution in [0.5, 0.6) is 5.75 Å². The van der Waals surface area contributed by atoms with Gasteiger partial charge < -0.3 is 20.1 Å². The number of ketones is 1. The first-order chi connectivity index (χ1) is 21.0. The molecule has 0 aliphatic heterocycles. The highest BCUT2D eigenvalue weighted by Crippen LogP contribution is 2.28. The molecule has 1 heterocycles. The van der Waals surface area contributed by atoms with E-state index in [0.29, 0.717) is 29.2 Å². The molecule has 1 atom stereocenters. The number of anilines is 1. The number of ether oxygens (including phenoxy) is 1. The maximum absolute atomic E-state index is 13.3. The van der Waals surface area contributed by atoms with Crippen LogP contribution in [0.1, 0.15) is 27.0 Å². The zero-order valence-corrected chi connectivity index (χ0v) is 23.2. The second-order valence-electron chi connectivity index (χ2n) is 10.4. The number of hydrogen-bond acceptors (Lipinski definition) is 4. The zero-order chi connectivity index (χ0) is 29.8. The van der Waals surface area contributed by atoms with Gasteiger partial charge in [-0.25, -0.2) is 9.18 Å². The number of halogens is 1. The molecular weight excluding hydrogens is 543 g/mol. The normalized spacial score (nSPS) is 11.8. The fourth-order valence-electron chi connectivity index (χ4n) is 5.33. The molecule has 0 saturated carbocycles. The number of benzene rings is 5. The topological polar surface area (TPSA) is 91.4 Å². The van der Waals surface area contributed by atoms with Crippen molar-refractivity contribution in [2.45, 2.75) is 18.9 Å². The SMILES string of the molecule is O=C(c1ccc(F)cc1)c1ccccc1NC(Cc1ccc(OCCc2cccc3c2[nH]c2ccccc23)cc1)C(=O)O. The highest BCUT2D eigenvalue weighted by molar-refractivity contribution is 6.12. The molecule has 43 heavy (non-hydrogen) atoms. The van der Waals surface area contributed by atoms with Crippen LogP contribution in [-0.2, 0) is 17.6 Å². The molecule has 6 nitrogen and oxygen atoms in total. The van der Waals surface area contributed by atoms with E-state index in [-0.39, 0.29) is 12.2 Å². The van der Waals surface area contributed by atoms with E-state index in [1.54, 1.807) is 24.3 Å². The molecule has 0 spiro atoms. The largest absolute Gasteiger partial charge is 0.493 e. The molecule has 0 aliphatic carbocycles. The van der Waals surface area contributed by atoms with Crippen LogP contribution in [0.15, 0.2) is 115 Å². The summed E-state index contributed by atoms with van der Waals surface area (Å²) in [5.41, 5.74) is 5.24. The summed E-state index contributed by atoms with van der Waals surface area (Å²) in [4.78, 5) is 28.8. The van der Waals surface area contributed by atoms with Gasteiger partial charge in [0, 0.05) is 51.5 Å². The second kappa shape index (κ2) is 12.2. The van der Waals surface area contributed by atoms with E-state index in [2.05, 4.69) is 40.6 Å². The first-order valence-corrected chi connectivity index (χ1v) is 14.0. The number of H-pyrrole nitrogens is 1. The van der Waals surface area contributed by atoms with Crippen molar-refractivity contribution < 1.29 is 23.8 Å². The summed E-state index contributed by atoms with van der Waals surface area (Å²) < 4.78 is 19.4. The third-order valence-corrected chi connectivity index (χ3v) is 7.54. The predicted octanol–water partition coefficient (Wildman–Crippen LogP) is 7.42. The molecule has 0 saturated heterocycles. The number of fused-ring (bicyclic) bond motifs is 3.